The molecule has 2 nitrogen and oxygen atoms in total. The maximum atomic E-state index is 9.17. The predicted molar refractivity (Wildman–Crippen MR) is 57.7 cm³/mol. The number of nitrogens with zero attached hydrogens (tertiary/aromatic N) is 1. The highest BCUT2D eigenvalue weighted by atomic mass is 32.2. The molecule has 1 atom stereocenters. The number of thioether (sulfide) groups is 1. The summed E-state index contributed by atoms with van der Waals surface area (Å²) in [4.78, 5) is 0. The zero-order chi connectivity index (χ0) is 9.90. The van der Waals surface area contributed by atoms with Crippen LogP contribution in [0.5, 0.6) is 0 Å². The Morgan fingerprint density at radius 3 is 2.54 bits per heavy atom. The standard InChI is InChI=1S/C10H18N2S/c1-8(2)13-7-10(6-11,12-3)9-4-5-9/h8-9,12H,4-5,7H2,1-3H3. The van der Waals surface area contributed by atoms with E-state index in [0.717, 1.165) is 5.75 Å². The third-order valence-electron chi connectivity index (χ3n) is 2.56. The average molecular weight is 198 g/mol. The van der Waals surface area contributed by atoms with E-state index in [4.69, 9.17) is 0 Å². The van der Waals surface area contributed by atoms with E-state index in [1.54, 1.807) is 0 Å². The molecule has 1 unspecified atom stereocenters. The van der Waals surface area contributed by atoms with Crippen molar-refractivity contribution in [1.29, 1.82) is 5.26 Å². The molecule has 74 valence electrons. The second-order valence-electron chi connectivity index (χ2n) is 3.97. The molecule has 1 fully saturated rings. The van der Waals surface area contributed by atoms with Gasteiger partial charge in [0.1, 0.15) is 5.54 Å². The van der Waals surface area contributed by atoms with Gasteiger partial charge in [0.05, 0.1) is 6.07 Å². The number of hydrogen-bond donors (Lipinski definition) is 1. The fourth-order valence-corrected chi connectivity index (χ4v) is 2.49. The van der Waals surface area contributed by atoms with Crippen LogP contribution in [-0.4, -0.2) is 23.6 Å². The molecule has 1 aliphatic carbocycles. The lowest BCUT2D eigenvalue weighted by Crippen LogP contribution is -2.46. The van der Waals surface area contributed by atoms with Crippen LogP contribution in [0.25, 0.3) is 0 Å². The van der Waals surface area contributed by atoms with E-state index in [1.807, 2.05) is 18.8 Å². The minimum Gasteiger partial charge on any atom is -0.302 e. The molecule has 0 spiro atoms. The first kappa shape index (κ1) is 10.9. The molecule has 1 rings (SSSR count). The van der Waals surface area contributed by atoms with Gasteiger partial charge in [0, 0.05) is 5.75 Å². The molecule has 0 radical (unpaired) electrons. The molecule has 3 heteroatoms. The van der Waals surface area contributed by atoms with Crippen molar-refractivity contribution in [3.63, 3.8) is 0 Å². The van der Waals surface area contributed by atoms with Crippen LogP contribution in [0.2, 0.25) is 0 Å². The summed E-state index contributed by atoms with van der Waals surface area (Å²) >= 11 is 1.87. The summed E-state index contributed by atoms with van der Waals surface area (Å²) in [6.07, 6.45) is 2.43. The smallest absolute Gasteiger partial charge is 0.118 e. The topological polar surface area (TPSA) is 35.8 Å². The number of nitrogens with one attached hydrogen (secondary N) is 1. The van der Waals surface area contributed by atoms with E-state index in [0.29, 0.717) is 11.2 Å². The zero-order valence-corrected chi connectivity index (χ0v) is 9.45. The van der Waals surface area contributed by atoms with Gasteiger partial charge in [-0.25, -0.2) is 0 Å². The molecular weight excluding hydrogens is 180 g/mol. The first-order valence-electron chi connectivity index (χ1n) is 4.86. The molecule has 1 saturated carbocycles. The third kappa shape index (κ3) is 2.62. The van der Waals surface area contributed by atoms with E-state index in [1.165, 1.54) is 12.8 Å². The van der Waals surface area contributed by atoms with Gasteiger partial charge in [0.25, 0.3) is 0 Å². The van der Waals surface area contributed by atoms with Crippen LogP contribution in [0.15, 0.2) is 0 Å². The van der Waals surface area contributed by atoms with E-state index >= 15 is 0 Å². The fourth-order valence-electron chi connectivity index (χ4n) is 1.45. The Labute approximate surface area is 85.1 Å². The first-order valence-corrected chi connectivity index (χ1v) is 5.91. The van der Waals surface area contributed by atoms with Crippen molar-refractivity contribution in [2.75, 3.05) is 12.8 Å². The van der Waals surface area contributed by atoms with Gasteiger partial charge in [-0.1, -0.05) is 13.8 Å². The van der Waals surface area contributed by atoms with Gasteiger partial charge in [0.2, 0.25) is 0 Å². The quantitative estimate of drug-likeness (QED) is 0.734. The summed E-state index contributed by atoms with van der Waals surface area (Å²) < 4.78 is 0. The van der Waals surface area contributed by atoms with Crippen LogP contribution in [0.4, 0.5) is 0 Å². The van der Waals surface area contributed by atoms with Crippen molar-refractivity contribution in [3.8, 4) is 6.07 Å². The average Bonchev–Trinajstić information content (AvgIpc) is 2.91. The van der Waals surface area contributed by atoms with Crippen molar-refractivity contribution in [3.05, 3.63) is 0 Å². The van der Waals surface area contributed by atoms with Crippen molar-refractivity contribution >= 4 is 11.8 Å². The molecule has 0 aromatic carbocycles. The van der Waals surface area contributed by atoms with Crippen LogP contribution in [0, 0.1) is 17.2 Å². The number of nitriles is 1. The summed E-state index contributed by atoms with van der Waals surface area (Å²) in [5.74, 6) is 1.51. The summed E-state index contributed by atoms with van der Waals surface area (Å²) in [6.45, 7) is 4.35. The van der Waals surface area contributed by atoms with Gasteiger partial charge >= 0.3 is 0 Å². The maximum absolute atomic E-state index is 9.17. The summed E-state index contributed by atoms with van der Waals surface area (Å²) in [5.41, 5.74) is -0.255. The van der Waals surface area contributed by atoms with Crippen LogP contribution < -0.4 is 5.32 Å². The minimum atomic E-state index is -0.255. The first-order chi connectivity index (χ1) is 6.14. The predicted octanol–water partition coefficient (Wildman–Crippen LogP) is 2.02. The molecule has 0 saturated heterocycles. The number of rotatable bonds is 5. The zero-order valence-electron chi connectivity index (χ0n) is 8.63. The molecule has 0 aromatic heterocycles. The van der Waals surface area contributed by atoms with E-state index < -0.39 is 0 Å². The Balaban J connectivity index is 2.51. The summed E-state index contributed by atoms with van der Waals surface area (Å²) in [5, 5.41) is 13.0. The lowest BCUT2D eigenvalue weighted by atomic mass is 9.98. The maximum Gasteiger partial charge on any atom is 0.118 e. The second kappa shape index (κ2) is 4.34. The number of hydrogen-bond acceptors (Lipinski definition) is 3. The molecule has 0 amide bonds. The molecule has 13 heavy (non-hydrogen) atoms. The highest BCUT2D eigenvalue weighted by Gasteiger charge is 2.44. The molecule has 0 aliphatic heterocycles. The third-order valence-corrected chi connectivity index (χ3v) is 3.85. The van der Waals surface area contributed by atoms with Gasteiger partial charge < -0.3 is 5.32 Å². The van der Waals surface area contributed by atoms with Crippen molar-refractivity contribution in [2.45, 2.75) is 37.5 Å². The molecule has 1 N–H and O–H groups in total. The van der Waals surface area contributed by atoms with Gasteiger partial charge in [-0.15, -0.1) is 0 Å². The summed E-state index contributed by atoms with van der Waals surface area (Å²) in [7, 11) is 1.91. The van der Waals surface area contributed by atoms with Crippen molar-refractivity contribution < 1.29 is 0 Å². The minimum absolute atomic E-state index is 0.255. The van der Waals surface area contributed by atoms with E-state index in [9.17, 15) is 5.26 Å². The van der Waals surface area contributed by atoms with Gasteiger partial charge in [0.15, 0.2) is 0 Å². The molecule has 0 bridgehead atoms. The van der Waals surface area contributed by atoms with Crippen LogP contribution in [0.1, 0.15) is 26.7 Å². The largest absolute Gasteiger partial charge is 0.302 e. The van der Waals surface area contributed by atoms with E-state index in [2.05, 4.69) is 25.2 Å². The molecule has 1 aliphatic rings. The molecule has 0 heterocycles. The normalized spacial score (nSPS) is 21.2. The highest BCUT2D eigenvalue weighted by Crippen LogP contribution is 2.41. The highest BCUT2D eigenvalue weighted by molar-refractivity contribution is 7.99. The Hall–Kier alpha value is -0.200. The monoisotopic (exact) mass is 198 g/mol. The van der Waals surface area contributed by atoms with E-state index in [-0.39, 0.29) is 5.54 Å². The van der Waals surface area contributed by atoms with Crippen LogP contribution >= 0.6 is 11.8 Å². The van der Waals surface area contributed by atoms with Gasteiger partial charge in [-0.3, -0.25) is 0 Å². The Morgan fingerprint density at radius 1 is 1.62 bits per heavy atom. The SMILES string of the molecule is CNC(C#N)(CSC(C)C)C1CC1. The van der Waals surface area contributed by atoms with Crippen molar-refractivity contribution in [2.24, 2.45) is 5.92 Å². The lowest BCUT2D eigenvalue weighted by molar-refractivity contribution is 0.441. The van der Waals surface area contributed by atoms with Gasteiger partial charge in [-0.05, 0) is 31.1 Å². The molecule has 0 aromatic rings. The Bertz CT molecular complexity index is 205. The Morgan fingerprint density at radius 2 is 2.23 bits per heavy atom. The Kier molecular flexibility index (Phi) is 3.63. The lowest BCUT2D eigenvalue weighted by Gasteiger charge is -2.26. The fraction of sp³-hybridized carbons (Fsp3) is 0.900. The van der Waals surface area contributed by atoms with Gasteiger partial charge in [-0.2, -0.15) is 17.0 Å². The second-order valence-corrected chi connectivity index (χ2v) is 5.53. The molecular formula is C10H18N2S. The van der Waals surface area contributed by atoms with Crippen LogP contribution in [0.3, 0.4) is 0 Å². The summed E-state index contributed by atoms with van der Waals surface area (Å²) in [6, 6.07) is 2.45. The van der Waals surface area contributed by atoms with Crippen LogP contribution in [-0.2, 0) is 0 Å². The van der Waals surface area contributed by atoms with Crippen molar-refractivity contribution in [1.82, 2.24) is 5.32 Å².